The van der Waals surface area contributed by atoms with Crippen molar-refractivity contribution in [1.29, 1.82) is 0 Å². The van der Waals surface area contributed by atoms with Gasteiger partial charge in [-0.1, -0.05) is 12.5 Å². The molecule has 0 radical (unpaired) electrons. The summed E-state index contributed by atoms with van der Waals surface area (Å²) in [6.07, 6.45) is 7.64. The molecule has 0 aromatic heterocycles. The second-order valence-electron chi connectivity index (χ2n) is 7.25. The van der Waals surface area contributed by atoms with Crippen molar-refractivity contribution in [3.63, 3.8) is 0 Å². The highest BCUT2D eigenvalue weighted by Crippen LogP contribution is 2.36. The lowest BCUT2D eigenvalue weighted by Crippen LogP contribution is -2.38. The monoisotopic (exact) mass is 314 g/mol. The summed E-state index contributed by atoms with van der Waals surface area (Å²) in [5.74, 6) is 0.958. The zero-order chi connectivity index (χ0) is 16.3. The van der Waals surface area contributed by atoms with E-state index in [-0.39, 0.29) is 5.54 Å². The van der Waals surface area contributed by atoms with E-state index in [1.165, 1.54) is 55.7 Å². The van der Waals surface area contributed by atoms with Crippen molar-refractivity contribution < 1.29 is 4.74 Å². The lowest BCUT2D eigenvalue weighted by Gasteiger charge is -2.37. The molecular weight excluding hydrogens is 284 g/mol. The number of rotatable bonds is 5. The van der Waals surface area contributed by atoms with E-state index >= 15 is 0 Å². The summed E-state index contributed by atoms with van der Waals surface area (Å²) in [6, 6.07) is 6.35. The maximum atomic E-state index is 5.65. The van der Waals surface area contributed by atoms with Gasteiger partial charge in [0.05, 0.1) is 12.1 Å². The van der Waals surface area contributed by atoms with Gasteiger partial charge in [-0.15, -0.1) is 0 Å². The molecule has 3 nitrogen and oxygen atoms in total. The first-order valence-electron chi connectivity index (χ1n) is 9.07. The fourth-order valence-electron chi connectivity index (χ4n) is 3.66. The van der Waals surface area contributed by atoms with E-state index in [1.807, 2.05) is 6.92 Å². The fourth-order valence-corrected chi connectivity index (χ4v) is 3.66. The minimum atomic E-state index is 0.0237. The molecule has 1 aromatic carbocycles. The van der Waals surface area contributed by atoms with Crippen molar-refractivity contribution >= 4 is 11.8 Å². The first-order valence-corrected chi connectivity index (χ1v) is 9.07. The van der Waals surface area contributed by atoms with Crippen LogP contribution in [0, 0.1) is 0 Å². The minimum Gasteiger partial charge on any atom is -0.494 e. The molecule has 0 bridgehead atoms. The van der Waals surface area contributed by atoms with Gasteiger partial charge in [0.2, 0.25) is 0 Å². The third kappa shape index (κ3) is 3.89. The van der Waals surface area contributed by atoms with Crippen molar-refractivity contribution in [2.45, 2.75) is 52.0 Å². The van der Waals surface area contributed by atoms with Crippen LogP contribution >= 0.6 is 0 Å². The van der Waals surface area contributed by atoms with Gasteiger partial charge in [-0.05, 0) is 76.9 Å². The standard InChI is InChI=1S/C20H30N2O/c1-4-23-18-8-9-19-16(15-18)14-17(20(2,3)21-19)10-13-22-11-6-5-7-12-22/h8-9,14-15,21H,4-7,10-13H2,1-3H3. The SMILES string of the molecule is CCOc1ccc2c(c1)C=C(CCN1CCCCC1)C(C)(C)N2. The Labute approximate surface area is 140 Å². The zero-order valence-corrected chi connectivity index (χ0v) is 14.8. The van der Waals surface area contributed by atoms with Crippen LogP contribution in [0.1, 0.15) is 52.0 Å². The van der Waals surface area contributed by atoms with Crippen LogP contribution in [-0.2, 0) is 0 Å². The highest BCUT2D eigenvalue weighted by Gasteiger charge is 2.28. The molecule has 0 unspecified atom stereocenters. The molecule has 0 saturated carbocycles. The highest BCUT2D eigenvalue weighted by atomic mass is 16.5. The third-order valence-electron chi connectivity index (χ3n) is 5.06. The number of nitrogens with one attached hydrogen (secondary N) is 1. The molecule has 3 rings (SSSR count). The smallest absolute Gasteiger partial charge is 0.120 e. The largest absolute Gasteiger partial charge is 0.494 e. The number of likely N-dealkylation sites (tertiary alicyclic amines) is 1. The molecule has 3 heteroatoms. The maximum Gasteiger partial charge on any atom is 0.120 e. The van der Waals surface area contributed by atoms with Crippen LogP contribution in [0.5, 0.6) is 5.75 Å². The molecule has 2 aliphatic rings. The van der Waals surface area contributed by atoms with Crippen molar-refractivity contribution in [1.82, 2.24) is 4.90 Å². The number of anilines is 1. The van der Waals surface area contributed by atoms with Crippen LogP contribution in [0.4, 0.5) is 5.69 Å². The Hall–Kier alpha value is -1.48. The molecule has 0 aliphatic carbocycles. The van der Waals surface area contributed by atoms with Crippen LogP contribution in [0.2, 0.25) is 0 Å². The summed E-state index contributed by atoms with van der Waals surface area (Å²) in [5.41, 5.74) is 3.98. The van der Waals surface area contributed by atoms with Gasteiger partial charge >= 0.3 is 0 Å². The quantitative estimate of drug-likeness (QED) is 0.863. The maximum absolute atomic E-state index is 5.65. The average molecular weight is 314 g/mol. The molecule has 1 N–H and O–H groups in total. The summed E-state index contributed by atoms with van der Waals surface area (Å²) in [7, 11) is 0. The molecule has 126 valence electrons. The van der Waals surface area contributed by atoms with Crippen molar-refractivity contribution in [3.05, 3.63) is 29.3 Å². The zero-order valence-electron chi connectivity index (χ0n) is 14.8. The Bertz CT molecular complexity index is 571. The van der Waals surface area contributed by atoms with Crippen molar-refractivity contribution in [2.75, 3.05) is 31.6 Å². The summed E-state index contributed by atoms with van der Waals surface area (Å²) in [6.45, 7) is 11.0. The fraction of sp³-hybridized carbons (Fsp3) is 0.600. The Kier molecular flexibility index (Phi) is 4.96. The predicted octanol–water partition coefficient (Wildman–Crippen LogP) is 4.55. The van der Waals surface area contributed by atoms with Gasteiger partial charge in [-0.3, -0.25) is 0 Å². The molecule has 2 aliphatic heterocycles. The van der Waals surface area contributed by atoms with Gasteiger partial charge < -0.3 is 15.0 Å². The molecule has 2 heterocycles. The number of fused-ring (bicyclic) bond motifs is 1. The van der Waals surface area contributed by atoms with E-state index in [9.17, 15) is 0 Å². The number of hydrogen-bond acceptors (Lipinski definition) is 3. The first kappa shape index (κ1) is 16.4. The topological polar surface area (TPSA) is 24.5 Å². The number of benzene rings is 1. The van der Waals surface area contributed by atoms with Gasteiger partial charge in [0.1, 0.15) is 5.75 Å². The van der Waals surface area contributed by atoms with Crippen molar-refractivity contribution in [2.24, 2.45) is 0 Å². The number of ether oxygens (including phenoxy) is 1. The highest BCUT2D eigenvalue weighted by molar-refractivity contribution is 5.75. The molecule has 0 amide bonds. The molecule has 1 aromatic rings. The normalized spacial score (nSPS) is 20.4. The van der Waals surface area contributed by atoms with E-state index in [1.54, 1.807) is 0 Å². The van der Waals surface area contributed by atoms with E-state index in [2.05, 4.69) is 48.3 Å². The van der Waals surface area contributed by atoms with Gasteiger partial charge in [0.15, 0.2) is 0 Å². The molecular formula is C20H30N2O. The van der Waals surface area contributed by atoms with Gasteiger partial charge in [-0.25, -0.2) is 0 Å². The molecule has 1 fully saturated rings. The minimum absolute atomic E-state index is 0.0237. The van der Waals surface area contributed by atoms with E-state index in [4.69, 9.17) is 4.74 Å². The number of hydrogen-bond donors (Lipinski definition) is 1. The third-order valence-corrected chi connectivity index (χ3v) is 5.06. The summed E-state index contributed by atoms with van der Waals surface area (Å²) >= 11 is 0. The average Bonchev–Trinajstić information content (AvgIpc) is 2.54. The van der Waals surface area contributed by atoms with Gasteiger partial charge in [-0.2, -0.15) is 0 Å². The second kappa shape index (κ2) is 6.96. The van der Waals surface area contributed by atoms with E-state index in [0.717, 1.165) is 12.2 Å². The molecule has 0 atom stereocenters. The Balaban J connectivity index is 1.75. The van der Waals surface area contributed by atoms with Crippen LogP contribution in [0.15, 0.2) is 23.8 Å². The van der Waals surface area contributed by atoms with Crippen LogP contribution < -0.4 is 10.1 Å². The second-order valence-corrected chi connectivity index (χ2v) is 7.25. The first-order chi connectivity index (χ1) is 11.1. The summed E-state index contributed by atoms with van der Waals surface area (Å²) < 4.78 is 5.65. The predicted molar refractivity (Wildman–Crippen MR) is 98.2 cm³/mol. The molecule has 0 spiro atoms. The lowest BCUT2D eigenvalue weighted by molar-refractivity contribution is 0.229. The van der Waals surface area contributed by atoms with Crippen LogP contribution in [0.25, 0.3) is 6.08 Å². The molecule has 1 saturated heterocycles. The Morgan fingerprint density at radius 2 is 1.96 bits per heavy atom. The Morgan fingerprint density at radius 1 is 1.17 bits per heavy atom. The number of piperidine rings is 1. The molecule has 23 heavy (non-hydrogen) atoms. The lowest BCUT2D eigenvalue weighted by atomic mass is 9.85. The van der Waals surface area contributed by atoms with Gasteiger partial charge in [0.25, 0.3) is 0 Å². The van der Waals surface area contributed by atoms with Gasteiger partial charge in [0, 0.05) is 17.8 Å². The number of nitrogens with zero attached hydrogens (tertiary/aromatic N) is 1. The van der Waals surface area contributed by atoms with Crippen molar-refractivity contribution in [3.8, 4) is 5.75 Å². The van der Waals surface area contributed by atoms with E-state index in [0.29, 0.717) is 6.61 Å². The Morgan fingerprint density at radius 3 is 2.70 bits per heavy atom. The van der Waals surface area contributed by atoms with Crippen LogP contribution in [0.3, 0.4) is 0 Å². The van der Waals surface area contributed by atoms with E-state index < -0.39 is 0 Å². The summed E-state index contributed by atoms with van der Waals surface area (Å²) in [5, 5.41) is 3.70. The van der Waals surface area contributed by atoms with Crippen LogP contribution in [-0.4, -0.2) is 36.7 Å². The summed E-state index contributed by atoms with van der Waals surface area (Å²) in [4.78, 5) is 2.62.